The van der Waals surface area contributed by atoms with E-state index in [0.29, 0.717) is 0 Å². The largest absolute Gasteiger partial charge is 0.481 e. The van der Waals surface area contributed by atoms with Crippen molar-refractivity contribution in [2.45, 2.75) is 18.4 Å². The van der Waals surface area contributed by atoms with Crippen LogP contribution in [0.15, 0.2) is 0 Å². The van der Waals surface area contributed by atoms with E-state index in [1.807, 2.05) is 0 Å². The zero-order chi connectivity index (χ0) is 11.4. The SMILES string of the molecule is NOC(=O)CC(O)(CC(=O)O)C(=O)O.[Co]. The third kappa shape index (κ3) is 5.32. The Kier molecular flexibility index (Phi) is 6.88. The van der Waals surface area contributed by atoms with Gasteiger partial charge in [0.15, 0.2) is 5.60 Å². The summed E-state index contributed by atoms with van der Waals surface area (Å²) in [5.74, 6) is -0.187. The Labute approximate surface area is 94.2 Å². The molecule has 1 unspecified atom stereocenters. The summed E-state index contributed by atoms with van der Waals surface area (Å²) in [6.07, 6.45) is -2.14. The van der Waals surface area contributed by atoms with E-state index in [1.165, 1.54) is 0 Å². The monoisotopic (exact) mass is 266 g/mol. The Hall–Kier alpha value is -1.16. The van der Waals surface area contributed by atoms with Crippen molar-refractivity contribution < 1.29 is 51.3 Å². The van der Waals surface area contributed by atoms with Gasteiger partial charge in [0, 0.05) is 16.8 Å². The second-order valence-corrected chi connectivity index (χ2v) is 2.57. The second kappa shape index (κ2) is 6.34. The summed E-state index contributed by atoms with van der Waals surface area (Å²) in [4.78, 5) is 34.8. The van der Waals surface area contributed by atoms with Crippen LogP contribution in [-0.2, 0) is 36.0 Å². The molecule has 0 heterocycles. The number of rotatable bonds is 5. The predicted octanol–water partition coefficient (Wildman–Crippen LogP) is -1.92. The first kappa shape index (κ1) is 16.3. The molecular formula is C6H9CoNO7. The molecule has 0 aromatic rings. The van der Waals surface area contributed by atoms with Gasteiger partial charge in [0.1, 0.15) is 0 Å². The fourth-order valence-electron chi connectivity index (χ4n) is 0.744. The van der Waals surface area contributed by atoms with E-state index in [2.05, 4.69) is 10.7 Å². The summed E-state index contributed by atoms with van der Waals surface area (Å²) in [7, 11) is 0. The second-order valence-electron chi connectivity index (χ2n) is 2.57. The Morgan fingerprint density at radius 1 is 1.20 bits per heavy atom. The van der Waals surface area contributed by atoms with E-state index in [9.17, 15) is 19.5 Å². The molecule has 0 rings (SSSR count). The van der Waals surface area contributed by atoms with Crippen molar-refractivity contribution in [3.8, 4) is 0 Å². The maximum atomic E-state index is 10.5. The Morgan fingerprint density at radius 2 is 1.67 bits per heavy atom. The smallest absolute Gasteiger partial charge is 0.336 e. The quantitative estimate of drug-likeness (QED) is 0.421. The van der Waals surface area contributed by atoms with Gasteiger partial charge in [-0.1, -0.05) is 0 Å². The van der Waals surface area contributed by atoms with Gasteiger partial charge in [-0.25, -0.2) is 4.79 Å². The molecule has 0 aromatic carbocycles. The number of hydrogen-bond acceptors (Lipinski definition) is 6. The van der Waals surface area contributed by atoms with Crippen LogP contribution in [0, 0.1) is 0 Å². The van der Waals surface area contributed by atoms with Crippen LogP contribution < -0.4 is 5.90 Å². The summed E-state index contributed by atoms with van der Waals surface area (Å²) >= 11 is 0. The van der Waals surface area contributed by atoms with Crippen LogP contribution in [-0.4, -0.2) is 38.8 Å². The van der Waals surface area contributed by atoms with Crippen molar-refractivity contribution >= 4 is 17.9 Å². The first-order valence-corrected chi connectivity index (χ1v) is 3.39. The minimum Gasteiger partial charge on any atom is -0.481 e. The molecular weight excluding hydrogens is 257 g/mol. The molecule has 0 saturated heterocycles. The van der Waals surface area contributed by atoms with Gasteiger partial charge in [0.25, 0.3) is 0 Å². The molecule has 0 amide bonds. The summed E-state index contributed by atoms with van der Waals surface area (Å²) in [6.45, 7) is 0. The van der Waals surface area contributed by atoms with E-state index in [1.54, 1.807) is 0 Å². The van der Waals surface area contributed by atoms with Crippen LogP contribution >= 0.6 is 0 Å². The molecule has 1 radical (unpaired) electrons. The minimum absolute atomic E-state index is 0. The minimum atomic E-state index is -2.69. The van der Waals surface area contributed by atoms with Crippen LogP contribution in [0.25, 0.3) is 0 Å². The standard InChI is InChI=1S/C6H9NO7.Co/c7-14-4(10)2-6(13,5(11)12)1-3(8)9;/h13H,1-2,7H2,(H,8,9)(H,11,12);. The van der Waals surface area contributed by atoms with Gasteiger partial charge in [-0.15, -0.1) is 0 Å². The van der Waals surface area contributed by atoms with E-state index < -0.39 is 36.4 Å². The van der Waals surface area contributed by atoms with Crippen molar-refractivity contribution in [2.24, 2.45) is 5.90 Å². The van der Waals surface area contributed by atoms with E-state index in [-0.39, 0.29) is 16.8 Å². The average molecular weight is 266 g/mol. The van der Waals surface area contributed by atoms with Gasteiger partial charge in [0.05, 0.1) is 12.8 Å². The zero-order valence-corrected chi connectivity index (χ0v) is 8.34. The normalized spacial score (nSPS) is 13.2. The molecule has 0 bridgehead atoms. The number of aliphatic carboxylic acids is 2. The number of carboxylic acid groups (broad SMARTS) is 2. The number of aliphatic hydroxyl groups is 1. The van der Waals surface area contributed by atoms with Gasteiger partial charge in [-0.3, -0.25) is 9.59 Å². The van der Waals surface area contributed by atoms with Crippen molar-refractivity contribution in [3.63, 3.8) is 0 Å². The van der Waals surface area contributed by atoms with Crippen molar-refractivity contribution in [2.75, 3.05) is 0 Å². The maximum absolute atomic E-state index is 10.5. The molecule has 0 saturated carbocycles. The molecule has 89 valence electrons. The summed E-state index contributed by atoms with van der Waals surface area (Å²) in [6, 6.07) is 0. The number of hydrogen-bond donors (Lipinski definition) is 4. The first-order valence-electron chi connectivity index (χ1n) is 3.39. The van der Waals surface area contributed by atoms with Gasteiger partial charge >= 0.3 is 17.9 Å². The third-order valence-electron chi connectivity index (χ3n) is 1.41. The molecule has 0 spiro atoms. The van der Waals surface area contributed by atoms with Crippen LogP contribution in [0.2, 0.25) is 0 Å². The molecule has 0 aliphatic carbocycles. The van der Waals surface area contributed by atoms with Gasteiger partial charge < -0.3 is 20.2 Å². The van der Waals surface area contributed by atoms with Crippen molar-refractivity contribution in [3.05, 3.63) is 0 Å². The van der Waals surface area contributed by atoms with Crippen LogP contribution in [0.1, 0.15) is 12.8 Å². The predicted molar refractivity (Wildman–Crippen MR) is 39.7 cm³/mol. The fraction of sp³-hybridized carbons (Fsp3) is 0.500. The average Bonchev–Trinajstić information content (AvgIpc) is 2.02. The van der Waals surface area contributed by atoms with Gasteiger partial charge in [-0.2, -0.15) is 5.90 Å². The van der Waals surface area contributed by atoms with E-state index >= 15 is 0 Å². The van der Waals surface area contributed by atoms with Gasteiger partial charge in [-0.05, 0) is 0 Å². The molecule has 9 heteroatoms. The third-order valence-corrected chi connectivity index (χ3v) is 1.41. The molecule has 15 heavy (non-hydrogen) atoms. The molecule has 5 N–H and O–H groups in total. The van der Waals surface area contributed by atoms with Crippen molar-refractivity contribution in [1.82, 2.24) is 0 Å². The molecule has 0 aromatic heterocycles. The summed E-state index contributed by atoms with van der Waals surface area (Å²) in [5.41, 5.74) is -2.69. The van der Waals surface area contributed by atoms with Gasteiger partial charge in [0.2, 0.25) is 0 Å². The topological polar surface area (TPSA) is 147 Å². The Morgan fingerprint density at radius 3 is 1.93 bits per heavy atom. The fourth-order valence-corrected chi connectivity index (χ4v) is 0.744. The first-order chi connectivity index (χ1) is 6.31. The molecule has 8 nitrogen and oxygen atoms in total. The number of carboxylic acids is 2. The van der Waals surface area contributed by atoms with Crippen LogP contribution in [0.5, 0.6) is 0 Å². The molecule has 0 fully saturated rings. The Bertz CT molecular complexity index is 268. The zero-order valence-electron chi connectivity index (χ0n) is 7.30. The van der Waals surface area contributed by atoms with Crippen LogP contribution in [0.3, 0.4) is 0 Å². The molecule has 0 aliphatic rings. The van der Waals surface area contributed by atoms with Crippen LogP contribution in [0.4, 0.5) is 0 Å². The molecule has 1 atom stereocenters. The number of carbonyl (C=O) groups is 3. The summed E-state index contributed by atoms with van der Waals surface area (Å²) < 4.78 is 0. The number of carbonyl (C=O) groups excluding carboxylic acids is 1. The van der Waals surface area contributed by atoms with E-state index in [0.717, 1.165) is 0 Å². The van der Waals surface area contributed by atoms with Crippen molar-refractivity contribution in [1.29, 1.82) is 0 Å². The number of nitrogens with two attached hydrogens (primary N) is 1. The maximum Gasteiger partial charge on any atom is 0.336 e. The summed E-state index contributed by atoms with van der Waals surface area (Å²) in [5, 5.41) is 26.0. The Balaban J connectivity index is 0. The molecule has 0 aliphatic heterocycles. The van der Waals surface area contributed by atoms with E-state index in [4.69, 9.17) is 10.2 Å².